The summed E-state index contributed by atoms with van der Waals surface area (Å²) in [5.74, 6) is 1.80. The first-order valence-corrected chi connectivity index (χ1v) is 6.94. The molecule has 4 heteroatoms. The quantitative estimate of drug-likeness (QED) is 0.733. The van der Waals surface area contributed by atoms with Gasteiger partial charge in [0.1, 0.15) is 11.6 Å². The Bertz CT molecular complexity index is 710. The van der Waals surface area contributed by atoms with Gasteiger partial charge < -0.3 is 4.90 Å². The topological polar surface area (TPSA) is 34.0 Å². The van der Waals surface area contributed by atoms with Crippen LogP contribution in [0.15, 0.2) is 54.6 Å². The highest BCUT2D eigenvalue weighted by atomic mass is 15.3. The van der Waals surface area contributed by atoms with E-state index in [1.807, 2.05) is 36.6 Å². The number of para-hydroxylation sites is 1. The van der Waals surface area contributed by atoms with Crippen LogP contribution in [0.2, 0.25) is 0 Å². The minimum Gasteiger partial charge on any atom is -0.345 e. The molecule has 0 unspecified atom stereocenters. The highest BCUT2D eigenvalue weighted by Gasteiger charge is 2.08. The Kier molecular flexibility index (Phi) is 3.44. The lowest BCUT2D eigenvalue weighted by atomic mass is 10.2. The number of anilines is 2. The molecule has 0 amide bonds. The van der Waals surface area contributed by atoms with Gasteiger partial charge in [0.15, 0.2) is 0 Å². The van der Waals surface area contributed by atoms with Crippen LogP contribution in [0.25, 0.3) is 5.69 Å². The van der Waals surface area contributed by atoms with E-state index in [1.54, 1.807) is 0 Å². The van der Waals surface area contributed by atoms with E-state index in [0.29, 0.717) is 0 Å². The minimum absolute atomic E-state index is 0.900. The van der Waals surface area contributed by atoms with Gasteiger partial charge in [-0.2, -0.15) is 0 Å². The van der Waals surface area contributed by atoms with E-state index >= 15 is 0 Å². The van der Waals surface area contributed by atoms with Crippen molar-refractivity contribution in [2.24, 2.45) is 0 Å². The average molecular weight is 278 g/mol. The van der Waals surface area contributed by atoms with Crippen LogP contribution in [0.3, 0.4) is 0 Å². The Morgan fingerprint density at radius 1 is 0.762 bits per heavy atom. The van der Waals surface area contributed by atoms with Gasteiger partial charge >= 0.3 is 0 Å². The van der Waals surface area contributed by atoms with Crippen LogP contribution >= 0.6 is 0 Å². The number of benzene rings is 2. The molecule has 0 aliphatic rings. The summed E-state index contributed by atoms with van der Waals surface area (Å²) in [6.07, 6.45) is 0. The van der Waals surface area contributed by atoms with Crippen LogP contribution in [-0.4, -0.2) is 21.8 Å². The van der Waals surface area contributed by atoms with E-state index in [2.05, 4.69) is 58.5 Å². The van der Waals surface area contributed by atoms with Crippen LogP contribution in [0.1, 0.15) is 11.6 Å². The normalized spacial score (nSPS) is 10.6. The van der Waals surface area contributed by atoms with Crippen LogP contribution < -0.4 is 4.90 Å². The molecule has 106 valence electrons. The molecule has 1 aromatic heterocycles. The Balaban J connectivity index is 1.91. The fourth-order valence-electron chi connectivity index (χ4n) is 2.47. The van der Waals surface area contributed by atoms with E-state index in [0.717, 1.165) is 23.0 Å². The van der Waals surface area contributed by atoms with Gasteiger partial charge in [-0.3, -0.25) is 4.57 Å². The van der Waals surface area contributed by atoms with Crippen LogP contribution in [-0.2, 0) is 0 Å². The number of hydrogen-bond acceptors (Lipinski definition) is 3. The first-order valence-electron chi connectivity index (χ1n) is 6.94. The molecule has 3 aromatic rings. The van der Waals surface area contributed by atoms with Crippen molar-refractivity contribution < 1.29 is 0 Å². The maximum absolute atomic E-state index is 4.10. The lowest BCUT2D eigenvalue weighted by Crippen LogP contribution is -2.09. The van der Waals surface area contributed by atoms with Gasteiger partial charge in [0.25, 0.3) is 0 Å². The number of hydrogen-bond donors (Lipinski definition) is 0. The standard InChI is InChI=1S/C17H18N4/c1-13-18-19-14(2)21(13)17-11-9-16(10-12-17)20(3)15-7-5-4-6-8-15/h4-12H,1-3H3. The second-order valence-corrected chi connectivity index (χ2v) is 5.04. The first-order chi connectivity index (χ1) is 10.2. The third-order valence-corrected chi connectivity index (χ3v) is 3.63. The van der Waals surface area contributed by atoms with Gasteiger partial charge in [-0.25, -0.2) is 0 Å². The Morgan fingerprint density at radius 2 is 1.29 bits per heavy atom. The van der Waals surface area contributed by atoms with E-state index < -0.39 is 0 Å². The van der Waals surface area contributed by atoms with Gasteiger partial charge in [0, 0.05) is 24.1 Å². The highest BCUT2D eigenvalue weighted by molar-refractivity contribution is 5.63. The summed E-state index contributed by atoms with van der Waals surface area (Å²) < 4.78 is 2.05. The number of nitrogens with zero attached hydrogens (tertiary/aromatic N) is 4. The predicted molar refractivity (Wildman–Crippen MR) is 85.3 cm³/mol. The minimum atomic E-state index is 0.900. The van der Waals surface area contributed by atoms with Crippen molar-refractivity contribution in [3.63, 3.8) is 0 Å². The Labute approximate surface area is 124 Å². The summed E-state index contributed by atoms with van der Waals surface area (Å²) in [5.41, 5.74) is 3.40. The third kappa shape index (κ3) is 2.52. The van der Waals surface area contributed by atoms with Gasteiger partial charge in [0.05, 0.1) is 0 Å². The summed E-state index contributed by atoms with van der Waals surface area (Å²) in [6, 6.07) is 18.7. The third-order valence-electron chi connectivity index (χ3n) is 3.63. The average Bonchev–Trinajstić information content (AvgIpc) is 2.87. The van der Waals surface area contributed by atoms with Gasteiger partial charge in [0.2, 0.25) is 0 Å². The zero-order valence-corrected chi connectivity index (χ0v) is 12.5. The van der Waals surface area contributed by atoms with Crippen LogP contribution in [0, 0.1) is 13.8 Å². The van der Waals surface area contributed by atoms with Crippen molar-refractivity contribution >= 4 is 11.4 Å². The summed E-state index contributed by atoms with van der Waals surface area (Å²) in [7, 11) is 2.07. The first kappa shape index (κ1) is 13.4. The molecule has 0 spiro atoms. The second kappa shape index (κ2) is 5.40. The SMILES string of the molecule is Cc1nnc(C)n1-c1ccc(N(C)c2ccccc2)cc1. The predicted octanol–water partition coefficient (Wildman–Crippen LogP) is 3.65. The molecular weight excluding hydrogens is 260 g/mol. The lowest BCUT2D eigenvalue weighted by molar-refractivity contribution is 0.937. The van der Waals surface area contributed by atoms with Crippen LogP contribution in [0.4, 0.5) is 11.4 Å². The molecule has 0 aliphatic carbocycles. The molecule has 0 bridgehead atoms. The highest BCUT2D eigenvalue weighted by Crippen LogP contribution is 2.24. The summed E-state index contributed by atoms with van der Waals surface area (Å²) in [6.45, 7) is 3.92. The maximum Gasteiger partial charge on any atom is 0.134 e. The molecule has 3 rings (SSSR count). The zero-order chi connectivity index (χ0) is 14.8. The second-order valence-electron chi connectivity index (χ2n) is 5.04. The molecular formula is C17H18N4. The van der Waals surface area contributed by atoms with E-state index in [9.17, 15) is 0 Å². The molecule has 0 N–H and O–H groups in total. The number of aromatic nitrogens is 3. The number of rotatable bonds is 3. The van der Waals surface area contributed by atoms with Crippen molar-refractivity contribution in [2.45, 2.75) is 13.8 Å². The van der Waals surface area contributed by atoms with Crippen molar-refractivity contribution in [3.05, 3.63) is 66.2 Å². The van der Waals surface area contributed by atoms with E-state index in [1.165, 1.54) is 5.69 Å². The monoisotopic (exact) mass is 278 g/mol. The molecule has 1 heterocycles. The molecule has 0 saturated carbocycles. The van der Waals surface area contributed by atoms with Crippen LogP contribution in [0.5, 0.6) is 0 Å². The Hall–Kier alpha value is -2.62. The molecule has 0 atom stereocenters. The van der Waals surface area contributed by atoms with Gasteiger partial charge in [-0.05, 0) is 50.2 Å². The van der Waals surface area contributed by atoms with E-state index in [4.69, 9.17) is 0 Å². The fourth-order valence-corrected chi connectivity index (χ4v) is 2.47. The molecule has 0 fully saturated rings. The van der Waals surface area contributed by atoms with Gasteiger partial charge in [-0.15, -0.1) is 10.2 Å². The van der Waals surface area contributed by atoms with Crippen molar-refractivity contribution in [3.8, 4) is 5.69 Å². The molecule has 21 heavy (non-hydrogen) atoms. The maximum atomic E-state index is 4.10. The summed E-state index contributed by atoms with van der Waals surface area (Å²) >= 11 is 0. The fraction of sp³-hybridized carbons (Fsp3) is 0.176. The summed E-state index contributed by atoms with van der Waals surface area (Å²) in [4.78, 5) is 2.16. The van der Waals surface area contributed by atoms with Gasteiger partial charge in [-0.1, -0.05) is 18.2 Å². The Morgan fingerprint density at radius 3 is 1.86 bits per heavy atom. The lowest BCUT2D eigenvalue weighted by Gasteiger charge is -2.20. The number of aryl methyl sites for hydroxylation is 2. The largest absolute Gasteiger partial charge is 0.345 e. The zero-order valence-electron chi connectivity index (χ0n) is 12.5. The van der Waals surface area contributed by atoms with Crippen molar-refractivity contribution in [1.29, 1.82) is 0 Å². The van der Waals surface area contributed by atoms with Crippen molar-refractivity contribution in [2.75, 3.05) is 11.9 Å². The molecule has 4 nitrogen and oxygen atoms in total. The molecule has 0 aliphatic heterocycles. The molecule has 0 radical (unpaired) electrons. The summed E-state index contributed by atoms with van der Waals surface area (Å²) in [5, 5.41) is 8.20. The smallest absolute Gasteiger partial charge is 0.134 e. The van der Waals surface area contributed by atoms with Crippen molar-refractivity contribution in [1.82, 2.24) is 14.8 Å². The molecule has 2 aromatic carbocycles. The molecule has 0 saturated heterocycles. The van der Waals surface area contributed by atoms with E-state index in [-0.39, 0.29) is 0 Å².